The molecule has 0 saturated carbocycles. The first-order valence-electron chi connectivity index (χ1n) is 6.21. The molecule has 0 aromatic carbocycles. The number of aromatic amines is 1. The van der Waals surface area contributed by atoms with Gasteiger partial charge in [0.25, 0.3) is 0 Å². The van der Waals surface area contributed by atoms with Crippen LogP contribution < -0.4 is 10.6 Å². The summed E-state index contributed by atoms with van der Waals surface area (Å²) in [4.78, 5) is 15.8. The van der Waals surface area contributed by atoms with Gasteiger partial charge in [-0.1, -0.05) is 25.4 Å². The highest BCUT2D eigenvalue weighted by Crippen LogP contribution is 2.18. The lowest BCUT2D eigenvalue weighted by Crippen LogP contribution is -2.20. The summed E-state index contributed by atoms with van der Waals surface area (Å²) in [5.74, 6) is 0.798. The van der Waals surface area contributed by atoms with Crippen molar-refractivity contribution in [2.75, 3.05) is 10.6 Å². The Morgan fingerprint density at radius 1 is 1.35 bits per heavy atom. The zero-order chi connectivity index (χ0) is 14.7. The minimum atomic E-state index is -0.378. The van der Waals surface area contributed by atoms with Gasteiger partial charge in [0.15, 0.2) is 5.82 Å². The predicted molar refractivity (Wildman–Crippen MR) is 79.3 cm³/mol. The third-order valence-electron chi connectivity index (χ3n) is 2.78. The number of nitrogens with one attached hydrogen (secondary N) is 3. The molecule has 2 heterocycles. The largest absolute Gasteiger partial charge is 0.324 e. The number of rotatable bonds is 3. The molecule has 7 heteroatoms. The lowest BCUT2D eigenvalue weighted by atomic mass is 10.1. The Morgan fingerprint density at radius 2 is 2.10 bits per heavy atom. The summed E-state index contributed by atoms with van der Waals surface area (Å²) >= 11 is 5.80. The van der Waals surface area contributed by atoms with E-state index in [1.165, 1.54) is 0 Å². The van der Waals surface area contributed by atoms with Gasteiger partial charge >= 0.3 is 6.03 Å². The fraction of sp³-hybridized carbons (Fsp3) is 0.308. The van der Waals surface area contributed by atoms with Crippen LogP contribution in [0.3, 0.4) is 0 Å². The molecule has 2 rings (SSSR count). The number of carbonyl (C=O) groups excluding carboxylic acids is 1. The van der Waals surface area contributed by atoms with E-state index in [1.807, 2.05) is 20.8 Å². The summed E-state index contributed by atoms with van der Waals surface area (Å²) < 4.78 is 0. The zero-order valence-corrected chi connectivity index (χ0v) is 12.2. The SMILES string of the molecule is Cc1cnc(Cl)cc1NC(=O)Nc1cc(C(C)C)[nH]n1. The Hall–Kier alpha value is -2.08. The van der Waals surface area contributed by atoms with Gasteiger partial charge in [-0.15, -0.1) is 0 Å². The highest BCUT2D eigenvalue weighted by molar-refractivity contribution is 6.29. The molecule has 0 aliphatic rings. The van der Waals surface area contributed by atoms with Gasteiger partial charge in [-0.2, -0.15) is 5.10 Å². The Morgan fingerprint density at radius 3 is 2.75 bits per heavy atom. The molecule has 0 saturated heterocycles. The molecule has 0 fully saturated rings. The zero-order valence-electron chi connectivity index (χ0n) is 11.5. The molecule has 3 N–H and O–H groups in total. The van der Waals surface area contributed by atoms with E-state index in [0.29, 0.717) is 22.6 Å². The number of amides is 2. The van der Waals surface area contributed by atoms with Crippen LogP contribution in [-0.2, 0) is 0 Å². The van der Waals surface area contributed by atoms with Gasteiger partial charge in [0.2, 0.25) is 0 Å². The van der Waals surface area contributed by atoms with Crippen LogP contribution in [0.5, 0.6) is 0 Å². The first kappa shape index (κ1) is 14.3. The third kappa shape index (κ3) is 3.48. The number of nitrogens with zero attached hydrogens (tertiary/aromatic N) is 2. The number of carbonyl (C=O) groups is 1. The van der Waals surface area contributed by atoms with E-state index in [2.05, 4.69) is 25.8 Å². The van der Waals surface area contributed by atoms with Crippen molar-refractivity contribution in [3.8, 4) is 0 Å². The second-order valence-electron chi connectivity index (χ2n) is 4.76. The fourth-order valence-electron chi connectivity index (χ4n) is 1.60. The first-order valence-corrected chi connectivity index (χ1v) is 6.59. The molecule has 6 nitrogen and oxygen atoms in total. The molecule has 0 spiro atoms. The minimum Gasteiger partial charge on any atom is -0.307 e. The molecule has 0 aliphatic carbocycles. The molecule has 2 aromatic heterocycles. The highest BCUT2D eigenvalue weighted by atomic mass is 35.5. The van der Waals surface area contributed by atoms with Crippen molar-refractivity contribution in [3.05, 3.63) is 34.7 Å². The molecular formula is C13H16ClN5O. The van der Waals surface area contributed by atoms with E-state index in [0.717, 1.165) is 11.3 Å². The van der Waals surface area contributed by atoms with Gasteiger partial charge in [0.05, 0.1) is 0 Å². The van der Waals surface area contributed by atoms with E-state index in [4.69, 9.17) is 11.6 Å². The number of aryl methyl sites for hydroxylation is 1. The molecule has 0 unspecified atom stereocenters. The van der Waals surface area contributed by atoms with E-state index in [9.17, 15) is 4.79 Å². The smallest absolute Gasteiger partial charge is 0.307 e. The fourth-order valence-corrected chi connectivity index (χ4v) is 1.76. The van der Waals surface area contributed by atoms with Crippen molar-refractivity contribution < 1.29 is 4.79 Å². The van der Waals surface area contributed by atoms with Gasteiger partial charge in [0, 0.05) is 23.6 Å². The third-order valence-corrected chi connectivity index (χ3v) is 2.99. The van der Waals surface area contributed by atoms with Crippen LogP contribution in [0.25, 0.3) is 0 Å². The van der Waals surface area contributed by atoms with Crippen LogP contribution >= 0.6 is 11.6 Å². The normalized spacial score (nSPS) is 10.7. The number of pyridine rings is 1. The maximum atomic E-state index is 11.9. The Bertz CT molecular complexity index is 623. The molecule has 2 amide bonds. The van der Waals surface area contributed by atoms with Crippen molar-refractivity contribution in [1.82, 2.24) is 15.2 Å². The summed E-state index contributed by atoms with van der Waals surface area (Å²) in [6.07, 6.45) is 1.60. The van der Waals surface area contributed by atoms with Crippen molar-refractivity contribution in [3.63, 3.8) is 0 Å². The highest BCUT2D eigenvalue weighted by Gasteiger charge is 2.09. The van der Waals surface area contributed by atoms with E-state index >= 15 is 0 Å². The number of hydrogen-bond donors (Lipinski definition) is 3. The molecule has 106 valence electrons. The standard InChI is InChI=1S/C13H16ClN5O/c1-7(2)9-5-12(19-18-9)17-13(20)16-10-4-11(14)15-6-8(10)3/h4-7H,1-3H3,(H3,15,16,17,18,19,20). The summed E-state index contributed by atoms with van der Waals surface area (Å²) in [5, 5.41) is 12.6. The maximum Gasteiger partial charge on any atom is 0.324 e. The van der Waals surface area contributed by atoms with Crippen LogP contribution in [0, 0.1) is 6.92 Å². The van der Waals surface area contributed by atoms with Crippen molar-refractivity contribution >= 4 is 29.1 Å². The summed E-state index contributed by atoms with van der Waals surface area (Å²) in [7, 11) is 0. The van der Waals surface area contributed by atoms with Crippen LogP contribution in [0.15, 0.2) is 18.3 Å². The number of aromatic nitrogens is 3. The molecule has 2 aromatic rings. The molecule has 0 atom stereocenters. The van der Waals surface area contributed by atoms with Crippen molar-refractivity contribution in [2.24, 2.45) is 0 Å². The molecule has 20 heavy (non-hydrogen) atoms. The van der Waals surface area contributed by atoms with Crippen LogP contribution in [-0.4, -0.2) is 21.2 Å². The predicted octanol–water partition coefficient (Wildman–Crippen LogP) is 3.53. The van der Waals surface area contributed by atoms with Crippen LogP contribution in [0.2, 0.25) is 5.15 Å². The molecule has 0 aliphatic heterocycles. The quantitative estimate of drug-likeness (QED) is 0.757. The molecule has 0 radical (unpaired) electrons. The first-order chi connectivity index (χ1) is 9.45. The summed E-state index contributed by atoms with van der Waals surface area (Å²) in [6, 6.07) is 3.02. The van der Waals surface area contributed by atoms with E-state index in [-0.39, 0.29) is 6.03 Å². The number of halogens is 1. The van der Waals surface area contributed by atoms with Gasteiger partial charge < -0.3 is 5.32 Å². The van der Waals surface area contributed by atoms with Gasteiger partial charge in [-0.3, -0.25) is 10.4 Å². The molecule has 0 bridgehead atoms. The van der Waals surface area contributed by atoms with Gasteiger partial charge in [-0.05, 0) is 24.5 Å². The van der Waals surface area contributed by atoms with Crippen molar-refractivity contribution in [1.29, 1.82) is 0 Å². The van der Waals surface area contributed by atoms with Gasteiger partial charge in [0.1, 0.15) is 5.15 Å². The van der Waals surface area contributed by atoms with Crippen molar-refractivity contribution in [2.45, 2.75) is 26.7 Å². The van der Waals surface area contributed by atoms with E-state index < -0.39 is 0 Å². The Balaban J connectivity index is 2.03. The number of H-pyrrole nitrogens is 1. The average molecular weight is 294 g/mol. The maximum absolute atomic E-state index is 11.9. The lowest BCUT2D eigenvalue weighted by Gasteiger charge is -2.08. The number of anilines is 2. The van der Waals surface area contributed by atoms with Gasteiger partial charge in [-0.25, -0.2) is 9.78 Å². The number of urea groups is 1. The minimum absolute atomic E-state index is 0.322. The topological polar surface area (TPSA) is 82.7 Å². The van der Waals surface area contributed by atoms with Crippen LogP contribution in [0.1, 0.15) is 31.0 Å². The molecular weight excluding hydrogens is 278 g/mol. The monoisotopic (exact) mass is 293 g/mol. The number of hydrogen-bond acceptors (Lipinski definition) is 3. The summed E-state index contributed by atoms with van der Waals surface area (Å²) in [5.41, 5.74) is 2.40. The van der Waals surface area contributed by atoms with Crippen LogP contribution in [0.4, 0.5) is 16.3 Å². The lowest BCUT2D eigenvalue weighted by molar-refractivity contribution is 0.262. The average Bonchev–Trinajstić information content (AvgIpc) is 2.82. The van der Waals surface area contributed by atoms with E-state index in [1.54, 1.807) is 18.3 Å². The Kier molecular flexibility index (Phi) is 4.24. The second kappa shape index (κ2) is 5.92. The summed E-state index contributed by atoms with van der Waals surface area (Å²) in [6.45, 7) is 5.92. The second-order valence-corrected chi connectivity index (χ2v) is 5.15. The Labute approximate surface area is 121 Å².